The van der Waals surface area contributed by atoms with Crippen molar-refractivity contribution in [2.24, 2.45) is 5.92 Å². The molecule has 0 saturated carbocycles. The molecule has 112 valence electrons. The van der Waals surface area contributed by atoms with Crippen molar-refractivity contribution < 1.29 is 8.42 Å². The van der Waals surface area contributed by atoms with Gasteiger partial charge in [0.2, 0.25) is 10.0 Å². The highest BCUT2D eigenvalue weighted by molar-refractivity contribution is 14.1. The summed E-state index contributed by atoms with van der Waals surface area (Å²) < 4.78 is 29.6. The van der Waals surface area contributed by atoms with E-state index in [9.17, 15) is 8.42 Å². The van der Waals surface area contributed by atoms with Crippen LogP contribution < -0.4 is 10.0 Å². The van der Waals surface area contributed by atoms with Crippen LogP contribution in [-0.4, -0.2) is 32.0 Å². The molecule has 0 aliphatic carbocycles. The number of benzene rings is 1. The molecule has 2 rings (SSSR count). The van der Waals surface area contributed by atoms with Crippen molar-refractivity contribution >= 4 is 55.2 Å². The van der Waals surface area contributed by atoms with Crippen LogP contribution in [-0.2, 0) is 10.0 Å². The molecular formula is C13H18I2N2O2S. The van der Waals surface area contributed by atoms with E-state index in [4.69, 9.17) is 0 Å². The van der Waals surface area contributed by atoms with Gasteiger partial charge >= 0.3 is 0 Å². The summed E-state index contributed by atoms with van der Waals surface area (Å²) in [6, 6.07) is 6.98. The summed E-state index contributed by atoms with van der Waals surface area (Å²) >= 11 is 4.44. The number of nitrogens with one attached hydrogen (secondary N) is 2. The van der Waals surface area contributed by atoms with Crippen LogP contribution in [0.1, 0.15) is 12.8 Å². The Balaban J connectivity index is 2.10. The average molecular weight is 520 g/mol. The van der Waals surface area contributed by atoms with Crippen LogP contribution in [0.15, 0.2) is 29.2 Å². The minimum Gasteiger partial charge on any atom is -0.317 e. The molecule has 1 heterocycles. The van der Waals surface area contributed by atoms with E-state index in [1.165, 1.54) is 0 Å². The van der Waals surface area contributed by atoms with E-state index >= 15 is 0 Å². The summed E-state index contributed by atoms with van der Waals surface area (Å²) in [4.78, 5) is 0.349. The van der Waals surface area contributed by atoms with Gasteiger partial charge in [0, 0.05) is 14.0 Å². The maximum absolute atomic E-state index is 12.4. The third-order valence-corrected chi connectivity index (χ3v) is 6.72. The summed E-state index contributed by atoms with van der Waals surface area (Å²) in [5.41, 5.74) is 0. The van der Waals surface area contributed by atoms with Gasteiger partial charge in [-0.25, -0.2) is 13.1 Å². The van der Waals surface area contributed by atoms with Crippen molar-refractivity contribution in [2.75, 3.05) is 17.5 Å². The zero-order valence-corrected chi connectivity index (χ0v) is 16.1. The van der Waals surface area contributed by atoms with Gasteiger partial charge in [-0.1, -0.05) is 22.6 Å². The average Bonchev–Trinajstić information content (AvgIpc) is 2.46. The van der Waals surface area contributed by atoms with Gasteiger partial charge in [-0.3, -0.25) is 0 Å². The molecule has 1 aromatic carbocycles. The van der Waals surface area contributed by atoms with Gasteiger partial charge in [-0.2, -0.15) is 0 Å². The van der Waals surface area contributed by atoms with E-state index in [0.29, 0.717) is 10.8 Å². The van der Waals surface area contributed by atoms with E-state index in [2.05, 4.69) is 55.2 Å². The number of hydrogen-bond acceptors (Lipinski definition) is 3. The van der Waals surface area contributed by atoms with E-state index in [0.717, 1.165) is 33.9 Å². The van der Waals surface area contributed by atoms with Gasteiger partial charge < -0.3 is 5.32 Å². The lowest BCUT2D eigenvalue weighted by Gasteiger charge is -2.30. The molecule has 7 heteroatoms. The second kappa shape index (κ2) is 7.70. The van der Waals surface area contributed by atoms with Crippen LogP contribution in [0.3, 0.4) is 0 Å². The molecule has 1 fully saturated rings. The Kier molecular flexibility index (Phi) is 6.51. The highest BCUT2D eigenvalue weighted by atomic mass is 127. The molecule has 1 aliphatic heterocycles. The van der Waals surface area contributed by atoms with Gasteiger partial charge in [-0.05, 0) is 78.7 Å². The minimum absolute atomic E-state index is 0.0157. The zero-order valence-electron chi connectivity index (χ0n) is 11.0. The monoisotopic (exact) mass is 520 g/mol. The lowest BCUT2D eigenvalue weighted by atomic mass is 9.92. The van der Waals surface area contributed by atoms with Gasteiger partial charge in [-0.15, -0.1) is 0 Å². The second-order valence-corrected chi connectivity index (χ2v) is 8.76. The van der Waals surface area contributed by atoms with Crippen molar-refractivity contribution in [1.29, 1.82) is 0 Å². The summed E-state index contributed by atoms with van der Waals surface area (Å²) in [6.45, 7) is 1.95. The molecule has 2 N–H and O–H groups in total. The lowest BCUT2D eigenvalue weighted by molar-refractivity contribution is 0.321. The molecule has 1 aliphatic rings. The Morgan fingerprint density at radius 3 is 2.40 bits per heavy atom. The van der Waals surface area contributed by atoms with Crippen LogP contribution in [0, 0.1) is 9.49 Å². The molecule has 1 unspecified atom stereocenters. The highest BCUT2D eigenvalue weighted by Crippen LogP contribution is 2.21. The van der Waals surface area contributed by atoms with Crippen molar-refractivity contribution in [3.8, 4) is 0 Å². The number of alkyl halides is 1. The fraction of sp³-hybridized carbons (Fsp3) is 0.538. The first-order valence-corrected chi connectivity index (χ1v) is 10.7. The largest absolute Gasteiger partial charge is 0.317 e. The summed E-state index contributed by atoms with van der Waals surface area (Å²) in [5.74, 6) is 0.423. The third-order valence-electron chi connectivity index (χ3n) is 3.55. The predicted octanol–water partition coefficient (Wildman–Crippen LogP) is 2.37. The molecule has 0 spiro atoms. The Morgan fingerprint density at radius 1 is 1.25 bits per heavy atom. The maximum Gasteiger partial charge on any atom is 0.240 e. The highest BCUT2D eigenvalue weighted by Gasteiger charge is 2.27. The fourth-order valence-corrected chi connectivity index (χ4v) is 5.28. The first-order chi connectivity index (χ1) is 9.53. The van der Waals surface area contributed by atoms with Crippen molar-refractivity contribution in [2.45, 2.75) is 23.8 Å². The maximum atomic E-state index is 12.4. The third kappa shape index (κ3) is 4.52. The fourth-order valence-electron chi connectivity index (χ4n) is 2.38. The Labute approximate surface area is 147 Å². The number of sulfonamides is 1. The molecule has 0 aromatic heterocycles. The van der Waals surface area contributed by atoms with Crippen LogP contribution in [0.4, 0.5) is 0 Å². The molecule has 20 heavy (non-hydrogen) atoms. The topological polar surface area (TPSA) is 58.2 Å². The molecular weight excluding hydrogens is 502 g/mol. The quantitative estimate of drug-likeness (QED) is 0.464. The van der Waals surface area contributed by atoms with Crippen molar-refractivity contribution in [1.82, 2.24) is 10.0 Å². The molecule has 4 nitrogen and oxygen atoms in total. The lowest BCUT2D eigenvalue weighted by Crippen LogP contribution is -2.45. The number of halogens is 2. The molecule has 1 saturated heterocycles. The summed E-state index contributed by atoms with van der Waals surface area (Å²) in [5, 5.41) is 3.31. The smallest absolute Gasteiger partial charge is 0.240 e. The van der Waals surface area contributed by atoms with Crippen molar-refractivity contribution in [3.05, 3.63) is 27.8 Å². The second-order valence-electron chi connectivity index (χ2n) is 4.92. The Bertz CT molecular complexity index is 528. The van der Waals surface area contributed by atoms with E-state index in [1.54, 1.807) is 12.1 Å². The van der Waals surface area contributed by atoms with Crippen molar-refractivity contribution in [3.63, 3.8) is 0 Å². The zero-order chi connectivity index (χ0) is 14.6. The van der Waals surface area contributed by atoms with Crippen LogP contribution in [0.5, 0.6) is 0 Å². The van der Waals surface area contributed by atoms with E-state index < -0.39 is 10.0 Å². The molecule has 1 atom stereocenters. The number of rotatable bonds is 5. The summed E-state index contributed by atoms with van der Waals surface area (Å²) in [6.07, 6.45) is 2.06. The molecule has 0 amide bonds. The van der Waals surface area contributed by atoms with Gasteiger partial charge in [0.05, 0.1) is 4.90 Å². The number of piperidine rings is 1. The molecule has 0 radical (unpaired) electrons. The Morgan fingerprint density at radius 2 is 1.85 bits per heavy atom. The van der Waals surface area contributed by atoms with Gasteiger partial charge in [0.25, 0.3) is 0 Å². The van der Waals surface area contributed by atoms with Crippen LogP contribution in [0.25, 0.3) is 0 Å². The normalized spacial score (nSPS) is 18.9. The van der Waals surface area contributed by atoms with Gasteiger partial charge in [0.15, 0.2) is 0 Å². The van der Waals surface area contributed by atoms with E-state index in [1.807, 2.05) is 12.1 Å². The van der Waals surface area contributed by atoms with Gasteiger partial charge in [0.1, 0.15) is 0 Å². The number of hydrogen-bond donors (Lipinski definition) is 2. The minimum atomic E-state index is -3.42. The Hall–Kier alpha value is 0.550. The SMILES string of the molecule is O=S(=O)(NC(CI)C1CCNCC1)c1ccc(I)cc1. The van der Waals surface area contributed by atoms with E-state index in [-0.39, 0.29) is 6.04 Å². The van der Waals surface area contributed by atoms with Crippen LogP contribution >= 0.6 is 45.2 Å². The predicted molar refractivity (Wildman–Crippen MR) is 97.7 cm³/mol. The molecule has 0 bridgehead atoms. The first-order valence-electron chi connectivity index (χ1n) is 6.57. The molecule has 1 aromatic rings. The van der Waals surface area contributed by atoms with Crippen LogP contribution in [0.2, 0.25) is 0 Å². The standard InChI is InChI=1S/C13H18I2N2O2S/c14-9-13(10-5-7-16-8-6-10)17-20(18,19)12-3-1-11(15)2-4-12/h1-4,10,13,16-17H,5-9H2. The first kappa shape index (κ1) is 16.9. The summed E-state index contributed by atoms with van der Waals surface area (Å²) in [7, 11) is -3.42.